The van der Waals surface area contributed by atoms with Gasteiger partial charge in [0.25, 0.3) is 0 Å². The molecule has 134 valence electrons. The molecule has 0 amide bonds. The quantitative estimate of drug-likeness (QED) is 0.291. The van der Waals surface area contributed by atoms with E-state index < -0.39 is 0 Å². The van der Waals surface area contributed by atoms with Gasteiger partial charge in [0.2, 0.25) is 4.80 Å². The summed E-state index contributed by atoms with van der Waals surface area (Å²) in [4.78, 5) is 0.835. The van der Waals surface area contributed by atoms with E-state index in [4.69, 9.17) is 23.2 Å². The van der Waals surface area contributed by atoms with Crippen molar-refractivity contribution in [1.82, 2.24) is 4.57 Å². The van der Waals surface area contributed by atoms with Crippen LogP contribution in [0.3, 0.4) is 0 Å². The summed E-state index contributed by atoms with van der Waals surface area (Å²) >= 11 is 13.7. The average Bonchev–Trinajstić information content (AvgIpc) is 3.02. The maximum Gasteiger partial charge on any atom is 0.211 e. The molecule has 0 aliphatic rings. The first-order chi connectivity index (χ1) is 13.2. The summed E-state index contributed by atoms with van der Waals surface area (Å²) in [5, 5.41) is 9.87. The highest BCUT2D eigenvalue weighted by Gasteiger charge is 2.06. The lowest BCUT2D eigenvalue weighted by Crippen LogP contribution is -2.15. The number of halogens is 2. The van der Waals surface area contributed by atoms with Crippen LogP contribution in [0.4, 0.5) is 0 Å². The van der Waals surface area contributed by atoms with E-state index in [1.165, 1.54) is 10.3 Å². The Morgan fingerprint density at radius 1 is 0.926 bits per heavy atom. The van der Waals surface area contributed by atoms with Gasteiger partial charge in [0.05, 0.1) is 28.0 Å². The van der Waals surface area contributed by atoms with Gasteiger partial charge in [0, 0.05) is 10.6 Å². The van der Waals surface area contributed by atoms with Crippen molar-refractivity contribution in [2.75, 3.05) is 0 Å². The lowest BCUT2D eigenvalue weighted by Gasteiger charge is -2.04. The first kappa shape index (κ1) is 18.0. The molecule has 27 heavy (non-hydrogen) atoms. The van der Waals surface area contributed by atoms with Crippen molar-refractivity contribution < 1.29 is 0 Å². The van der Waals surface area contributed by atoms with E-state index in [0.717, 1.165) is 22.4 Å². The first-order valence-corrected chi connectivity index (χ1v) is 9.92. The van der Waals surface area contributed by atoms with Crippen molar-refractivity contribution in [3.63, 3.8) is 0 Å². The highest BCUT2D eigenvalue weighted by atomic mass is 35.5. The van der Waals surface area contributed by atoms with Crippen LogP contribution in [0.2, 0.25) is 10.0 Å². The first-order valence-electron chi connectivity index (χ1n) is 8.35. The zero-order valence-corrected chi connectivity index (χ0v) is 16.5. The zero-order chi connectivity index (χ0) is 18.6. The molecule has 4 aromatic rings. The Morgan fingerprint density at radius 3 is 2.52 bits per heavy atom. The summed E-state index contributed by atoms with van der Waals surface area (Å²) in [6.07, 6.45) is 1.65. The molecule has 0 radical (unpaired) electrons. The van der Waals surface area contributed by atoms with Crippen molar-refractivity contribution in [2.24, 2.45) is 10.2 Å². The van der Waals surface area contributed by atoms with Crippen LogP contribution in [0.1, 0.15) is 11.1 Å². The SMILES string of the molecule is Clc1ccc(/C=N\N=c2\sc3ccccc3n2Cc2ccccc2)c(Cl)c1. The Balaban J connectivity index is 1.75. The van der Waals surface area contributed by atoms with E-state index >= 15 is 0 Å². The van der Waals surface area contributed by atoms with E-state index in [1.54, 1.807) is 29.7 Å². The largest absolute Gasteiger partial charge is 0.311 e. The number of para-hydroxylation sites is 1. The summed E-state index contributed by atoms with van der Waals surface area (Å²) < 4.78 is 3.35. The molecule has 0 aliphatic heterocycles. The number of nitrogens with zero attached hydrogens (tertiary/aromatic N) is 3. The molecular weight excluding hydrogens is 397 g/mol. The van der Waals surface area contributed by atoms with Crippen LogP contribution in [0, 0.1) is 0 Å². The Hall–Kier alpha value is -2.40. The number of rotatable bonds is 4. The van der Waals surface area contributed by atoms with Crippen LogP contribution >= 0.6 is 34.5 Å². The summed E-state index contributed by atoms with van der Waals surface area (Å²) in [7, 11) is 0. The van der Waals surface area contributed by atoms with E-state index in [9.17, 15) is 0 Å². The smallest absolute Gasteiger partial charge is 0.211 e. The van der Waals surface area contributed by atoms with Gasteiger partial charge in [-0.1, -0.05) is 83.1 Å². The standard InChI is InChI=1S/C21H15Cl2N3S/c22-17-11-10-16(18(23)12-17)13-24-25-21-26(14-15-6-2-1-3-7-15)19-8-4-5-9-20(19)27-21/h1-13H,14H2/b24-13-,25-21+. The average molecular weight is 412 g/mol. The summed E-state index contributed by atoms with van der Waals surface area (Å²) in [6, 6.07) is 23.9. The molecule has 0 saturated heterocycles. The van der Waals surface area contributed by atoms with Crippen molar-refractivity contribution in [3.05, 3.63) is 98.8 Å². The highest BCUT2D eigenvalue weighted by Crippen LogP contribution is 2.20. The third kappa shape index (κ3) is 4.14. The number of hydrogen-bond donors (Lipinski definition) is 0. The van der Waals surface area contributed by atoms with Crippen LogP contribution in [0.5, 0.6) is 0 Å². The van der Waals surface area contributed by atoms with Gasteiger partial charge < -0.3 is 4.57 Å². The minimum atomic E-state index is 0.551. The molecule has 0 bridgehead atoms. The fourth-order valence-corrected chi connectivity index (χ4v) is 4.21. The second-order valence-corrected chi connectivity index (χ2v) is 7.79. The minimum absolute atomic E-state index is 0.551. The molecular formula is C21H15Cl2N3S. The molecule has 0 atom stereocenters. The van der Waals surface area contributed by atoms with Gasteiger partial charge in [-0.15, -0.1) is 5.10 Å². The van der Waals surface area contributed by atoms with Crippen LogP contribution in [0.25, 0.3) is 10.2 Å². The summed E-state index contributed by atoms with van der Waals surface area (Å²) in [5.74, 6) is 0. The van der Waals surface area contributed by atoms with E-state index in [2.05, 4.69) is 39.0 Å². The van der Waals surface area contributed by atoms with Crippen molar-refractivity contribution in [2.45, 2.75) is 6.54 Å². The third-order valence-electron chi connectivity index (χ3n) is 4.07. The molecule has 4 rings (SSSR count). The molecule has 0 aliphatic carbocycles. The molecule has 0 saturated carbocycles. The third-order valence-corrected chi connectivity index (χ3v) is 5.69. The Labute approximate surface area is 170 Å². The van der Waals surface area contributed by atoms with Crippen LogP contribution in [-0.2, 0) is 6.54 Å². The van der Waals surface area contributed by atoms with Crippen LogP contribution in [-0.4, -0.2) is 10.8 Å². The monoisotopic (exact) mass is 411 g/mol. The fourth-order valence-electron chi connectivity index (χ4n) is 2.76. The fraction of sp³-hybridized carbons (Fsp3) is 0.0476. The van der Waals surface area contributed by atoms with Gasteiger partial charge in [-0.05, 0) is 29.8 Å². The number of hydrogen-bond acceptors (Lipinski definition) is 3. The minimum Gasteiger partial charge on any atom is -0.311 e. The van der Waals surface area contributed by atoms with Gasteiger partial charge in [-0.25, -0.2) is 0 Å². The second kappa shape index (κ2) is 8.09. The van der Waals surface area contributed by atoms with Crippen LogP contribution in [0.15, 0.2) is 83.0 Å². The lowest BCUT2D eigenvalue weighted by molar-refractivity contribution is 0.789. The molecule has 3 nitrogen and oxygen atoms in total. The Bertz CT molecular complexity index is 1180. The number of thiazole rings is 1. The zero-order valence-electron chi connectivity index (χ0n) is 14.2. The van der Waals surface area contributed by atoms with Gasteiger partial charge >= 0.3 is 0 Å². The maximum atomic E-state index is 6.19. The molecule has 3 aromatic carbocycles. The lowest BCUT2D eigenvalue weighted by atomic mass is 10.2. The molecule has 0 spiro atoms. The van der Waals surface area contributed by atoms with Gasteiger partial charge in [0.1, 0.15) is 0 Å². The highest BCUT2D eigenvalue weighted by molar-refractivity contribution is 7.16. The number of aromatic nitrogens is 1. The maximum absolute atomic E-state index is 6.19. The molecule has 1 heterocycles. The van der Waals surface area contributed by atoms with Gasteiger partial charge in [-0.2, -0.15) is 5.10 Å². The van der Waals surface area contributed by atoms with Gasteiger partial charge in [-0.3, -0.25) is 0 Å². The number of fused-ring (bicyclic) bond motifs is 1. The van der Waals surface area contributed by atoms with Crippen molar-refractivity contribution in [1.29, 1.82) is 0 Å². The topological polar surface area (TPSA) is 29.6 Å². The molecule has 6 heteroatoms. The predicted octanol–water partition coefficient (Wildman–Crippen LogP) is 5.99. The molecule has 0 N–H and O–H groups in total. The number of benzene rings is 3. The van der Waals surface area contributed by atoms with E-state index in [-0.39, 0.29) is 0 Å². The molecule has 1 aromatic heterocycles. The normalized spacial score (nSPS) is 12.3. The molecule has 0 fully saturated rings. The van der Waals surface area contributed by atoms with Crippen LogP contribution < -0.4 is 4.80 Å². The summed E-state index contributed by atoms with van der Waals surface area (Å²) in [5.41, 5.74) is 3.14. The van der Waals surface area contributed by atoms with E-state index in [0.29, 0.717) is 10.0 Å². The van der Waals surface area contributed by atoms with Crippen molar-refractivity contribution in [3.8, 4) is 0 Å². The summed E-state index contributed by atoms with van der Waals surface area (Å²) in [6.45, 7) is 0.737. The van der Waals surface area contributed by atoms with Gasteiger partial charge in [0.15, 0.2) is 0 Å². The molecule has 0 unspecified atom stereocenters. The Kier molecular flexibility index (Phi) is 5.39. The predicted molar refractivity (Wildman–Crippen MR) is 115 cm³/mol. The second-order valence-electron chi connectivity index (χ2n) is 5.93. The van der Waals surface area contributed by atoms with E-state index in [1.807, 2.05) is 36.4 Å². The van der Waals surface area contributed by atoms with Crippen molar-refractivity contribution >= 4 is 51.0 Å². The Morgan fingerprint density at radius 2 is 1.70 bits per heavy atom.